The fraction of sp³-hybridized carbons (Fsp3) is 0.622. The molecule has 2 aromatic rings. The van der Waals surface area contributed by atoms with Crippen molar-refractivity contribution in [2.45, 2.75) is 78.0 Å². The molecule has 1 saturated heterocycles. The third-order valence-corrected chi connectivity index (χ3v) is 8.54. The van der Waals surface area contributed by atoms with Crippen molar-refractivity contribution in [3.63, 3.8) is 0 Å². The lowest BCUT2D eigenvalue weighted by molar-refractivity contribution is -0.110. The molecule has 0 unspecified atom stereocenters. The Bertz CT molecular complexity index is 1280. The molecule has 0 bridgehead atoms. The number of piperidine rings is 1. The maximum Gasteiger partial charge on any atom is 0.410 e. The number of amides is 2. The number of anilines is 1. The van der Waals surface area contributed by atoms with E-state index in [1.54, 1.807) is 12.0 Å². The Hall–Kier alpha value is -3.38. The molecular formula is C37H55N3O8. The SMILES string of the molecule is CCO[C@H](C)COCc1ccc([C@H]2[C@H](CNC=O)CN(C(=O)OC(C)(C)C)C[C@@H]2OCc2ccc3c(c2)N(CCCOC)CCO3)cc1. The monoisotopic (exact) mass is 669 g/mol. The molecule has 0 spiro atoms. The number of nitrogens with one attached hydrogen (secondary N) is 1. The number of rotatable bonds is 17. The van der Waals surface area contributed by atoms with Gasteiger partial charge in [0, 0.05) is 51.8 Å². The van der Waals surface area contributed by atoms with Crippen molar-refractivity contribution in [1.29, 1.82) is 0 Å². The smallest absolute Gasteiger partial charge is 0.410 e. The van der Waals surface area contributed by atoms with Crippen LogP contribution in [0.2, 0.25) is 0 Å². The van der Waals surface area contributed by atoms with E-state index in [9.17, 15) is 9.59 Å². The number of methoxy groups -OCH3 is 1. The van der Waals surface area contributed by atoms with E-state index in [4.69, 9.17) is 28.4 Å². The molecule has 11 heteroatoms. The zero-order valence-corrected chi connectivity index (χ0v) is 29.6. The maximum atomic E-state index is 13.3. The second-order valence-electron chi connectivity index (χ2n) is 13.6. The molecule has 4 rings (SSSR count). The summed E-state index contributed by atoms with van der Waals surface area (Å²) < 4.78 is 35.2. The van der Waals surface area contributed by atoms with Crippen LogP contribution in [0, 0.1) is 5.92 Å². The summed E-state index contributed by atoms with van der Waals surface area (Å²) >= 11 is 0. The highest BCUT2D eigenvalue weighted by Gasteiger charge is 2.41. The highest BCUT2D eigenvalue weighted by atomic mass is 16.6. The van der Waals surface area contributed by atoms with E-state index >= 15 is 0 Å². The van der Waals surface area contributed by atoms with Crippen LogP contribution in [0.1, 0.15) is 63.6 Å². The van der Waals surface area contributed by atoms with Gasteiger partial charge < -0.3 is 43.5 Å². The number of carbonyl (C=O) groups is 2. The quantitative estimate of drug-likeness (QED) is 0.181. The van der Waals surface area contributed by atoms with Crippen molar-refractivity contribution < 1.29 is 38.0 Å². The summed E-state index contributed by atoms with van der Waals surface area (Å²) in [6.45, 7) is 15.8. The summed E-state index contributed by atoms with van der Waals surface area (Å²) in [7, 11) is 1.72. The van der Waals surface area contributed by atoms with Crippen molar-refractivity contribution in [2.24, 2.45) is 5.92 Å². The average molecular weight is 670 g/mol. The topological polar surface area (TPSA) is 108 Å². The van der Waals surface area contributed by atoms with Crippen LogP contribution in [-0.2, 0) is 41.7 Å². The van der Waals surface area contributed by atoms with Crippen molar-refractivity contribution in [3.05, 3.63) is 59.2 Å². The second kappa shape index (κ2) is 18.4. The Morgan fingerprint density at radius 1 is 1.10 bits per heavy atom. The first-order valence-electron chi connectivity index (χ1n) is 17.2. The largest absolute Gasteiger partial charge is 0.490 e. The van der Waals surface area contributed by atoms with Gasteiger partial charge >= 0.3 is 6.09 Å². The molecule has 0 aromatic heterocycles. The van der Waals surface area contributed by atoms with E-state index in [2.05, 4.69) is 40.5 Å². The molecule has 2 aromatic carbocycles. The molecule has 266 valence electrons. The van der Waals surface area contributed by atoms with Crippen LogP contribution in [0.15, 0.2) is 42.5 Å². The lowest BCUT2D eigenvalue weighted by atomic mass is 9.78. The van der Waals surface area contributed by atoms with Gasteiger partial charge in [0.1, 0.15) is 18.0 Å². The van der Waals surface area contributed by atoms with Gasteiger partial charge in [0.25, 0.3) is 0 Å². The van der Waals surface area contributed by atoms with Gasteiger partial charge in [-0.2, -0.15) is 0 Å². The first-order chi connectivity index (χ1) is 23.1. The van der Waals surface area contributed by atoms with Gasteiger partial charge in [0.15, 0.2) is 0 Å². The molecule has 2 heterocycles. The fourth-order valence-electron chi connectivity index (χ4n) is 6.37. The van der Waals surface area contributed by atoms with Gasteiger partial charge in [-0.1, -0.05) is 30.3 Å². The maximum absolute atomic E-state index is 13.3. The summed E-state index contributed by atoms with van der Waals surface area (Å²) in [5, 5.41) is 2.86. The Kier molecular flexibility index (Phi) is 14.4. The van der Waals surface area contributed by atoms with Gasteiger partial charge in [-0.25, -0.2) is 4.79 Å². The van der Waals surface area contributed by atoms with Gasteiger partial charge in [-0.05, 0) is 69.9 Å². The number of nitrogens with zero attached hydrogens (tertiary/aromatic N) is 2. The van der Waals surface area contributed by atoms with Crippen LogP contribution in [0.3, 0.4) is 0 Å². The van der Waals surface area contributed by atoms with Crippen LogP contribution in [0.25, 0.3) is 0 Å². The molecule has 11 nitrogen and oxygen atoms in total. The van der Waals surface area contributed by atoms with Gasteiger partial charge in [-0.15, -0.1) is 0 Å². The van der Waals surface area contributed by atoms with Crippen LogP contribution in [0.5, 0.6) is 5.75 Å². The number of ether oxygens (including phenoxy) is 6. The minimum atomic E-state index is -0.639. The van der Waals surface area contributed by atoms with Crippen LogP contribution in [-0.4, -0.2) is 101 Å². The predicted molar refractivity (Wildman–Crippen MR) is 185 cm³/mol. The van der Waals surface area contributed by atoms with E-state index in [0.717, 1.165) is 47.6 Å². The zero-order chi connectivity index (χ0) is 34.5. The van der Waals surface area contributed by atoms with E-state index in [1.165, 1.54) is 0 Å². The molecule has 1 N–H and O–H groups in total. The standard InChI is InChI=1S/C37H55N3O8/c1-7-45-27(2)23-44-24-28-9-12-30(13-10-28)35-31(20-38-26-41)21-40(36(42)48-37(3,4)5)22-34(35)47-25-29-11-14-33-32(19-29)39(16-18-46-33)15-8-17-43-6/h9-14,19,26-27,31,34-35H,7-8,15-18,20-25H2,1-6H3,(H,38,41)/t27-,31-,34+,35+/m1/s1. The number of fused-ring (bicyclic) bond motifs is 1. The van der Waals surface area contributed by atoms with Gasteiger partial charge in [-0.3, -0.25) is 4.79 Å². The molecule has 4 atom stereocenters. The molecule has 0 saturated carbocycles. The number of benzene rings is 2. The second-order valence-corrected chi connectivity index (χ2v) is 13.6. The predicted octanol–water partition coefficient (Wildman–Crippen LogP) is 5.15. The Balaban J connectivity index is 1.56. The number of hydrogen-bond acceptors (Lipinski definition) is 9. The lowest BCUT2D eigenvalue weighted by Crippen LogP contribution is -2.54. The van der Waals surface area contributed by atoms with E-state index in [0.29, 0.717) is 65.7 Å². The summed E-state index contributed by atoms with van der Waals surface area (Å²) in [6.07, 6.45) is 0.918. The summed E-state index contributed by atoms with van der Waals surface area (Å²) in [5.74, 6) is 0.671. The van der Waals surface area contributed by atoms with Crippen molar-refractivity contribution in [3.8, 4) is 5.75 Å². The van der Waals surface area contributed by atoms with E-state index < -0.39 is 11.7 Å². The lowest BCUT2D eigenvalue weighted by Gasteiger charge is -2.44. The highest BCUT2D eigenvalue weighted by Crippen LogP contribution is 2.37. The minimum absolute atomic E-state index is 0.0368. The van der Waals surface area contributed by atoms with Crippen LogP contribution in [0.4, 0.5) is 10.5 Å². The molecule has 2 aliphatic rings. The molecule has 2 aliphatic heterocycles. The third kappa shape index (κ3) is 11.1. The summed E-state index contributed by atoms with van der Waals surface area (Å²) in [5.41, 5.74) is 3.56. The molecule has 1 fully saturated rings. The normalized spacial score (nSPS) is 20.1. The molecular weight excluding hydrogens is 614 g/mol. The highest BCUT2D eigenvalue weighted by molar-refractivity contribution is 5.68. The van der Waals surface area contributed by atoms with Crippen molar-refractivity contribution >= 4 is 18.2 Å². The molecule has 48 heavy (non-hydrogen) atoms. The Morgan fingerprint density at radius 3 is 2.58 bits per heavy atom. The number of carbonyl (C=O) groups excluding carboxylic acids is 2. The Labute approximate surface area is 286 Å². The average Bonchev–Trinajstić information content (AvgIpc) is 3.06. The fourth-order valence-corrected chi connectivity index (χ4v) is 6.37. The zero-order valence-electron chi connectivity index (χ0n) is 29.6. The van der Waals surface area contributed by atoms with E-state index in [-0.39, 0.29) is 24.0 Å². The summed E-state index contributed by atoms with van der Waals surface area (Å²) in [4.78, 5) is 28.8. The Morgan fingerprint density at radius 2 is 1.88 bits per heavy atom. The van der Waals surface area contributed by atoms with Gasteiger partial charge in [0.05, 0.1) is 50.8 Å². The molecule has 0 aliphatic carbocycles. The molecule has 2 amide bonds. The van der Waals surface area contributed by atoms with Crippen molar-refractivity contribution in [1.82, 2.24) is 10.2 Å². The molecule has 0 radical (unpaired) electrons. The first-order valence-corrected chi connectivity index (χ1v) is 17.2. The van der Waals surface area contributed by atoms with Crippen LogP contribution >= 0.6 is 0 Å². The first kappa shape index (κ1) is 37.4. The third-order valence-electron chi connectivity index (χ3n) is 8.54. The number of hydrogen-bond donors (Lipinski definition) is 1. The number of likely N-dealkylation sites (tertiary alicyclic amines) is 1. The van der Waals surface area contributed by atoms with Crippen LogP contribution < -0.4 is 15.0 Å². The minimum Gasteiger partial charge on any atom is -0.490 e. The van der Waals surface area contributed by atoms with E-state index in [1.807, 2.05) is 46.8 Å². The summed E-state index contributed by atoms with van der Waals surface area (Å²) in [6, 6.07) is 14.5. The van der Waals surface area contributed by atoms with Crippen molar-refractivity contribution in [2.75, 3.05) is 71.2 Å². The van der Waals surface area contributed by atoms with Gasteiger partial charge in [0.2, 0.25) is 6.41 Å².